The minimum absolute atomic E-state index is 1.11. The van der Waals surface area contributed by atoms with Crippen molar-refractivity contribution in [2.24, 2.45) is 0 Å². The third kappa shape index (κ3) is 11.9. The van der Waals surface area contributed by atoms with Gasteiger partial charge in [-0.3, -0.25) is 0 Å². The van der Waals surface area contributed by atoms with E-state index in [1.165, 1.54) is 122 Å². The highest BCUT2D eigenvalue weighted by molar-refractivity contribution is 4.83. The summed E-state index contributed by atoms with van der Waals surface area (Å²) < 4.78 is 4.99. The Morgan fingerprint density at radius 3 is 1.57 bits per heavy atom. The second-order valence-electron chi connectivity index (χ2n) is 8.75. The van der Waals surface area contributed by atoms with Crippen molar-refractivity contribution in [3.63, 3.8) is 0 Å². The Balaban J connectivity index is 2.04. The number of unbranched alkanes of at least 4 members (excludes halogenated alkanes) is 15. The molecule has 0 atom stereocenters. The molecule has 1 rings (SSSR count). The molecule has 0 aliphatic rings. The van der Waals surface area contributed by atoms with Gasteiger partial charge in [-0.2, -0.15) is 0 Å². The van der Waals surface area contributed by atoms with E-state index < -0.39 is 0 Å². The first-order valence-electron chi connectivity index (χ1n) is 12.9. The molecule has 2 nitrogen and oxygen atoms in total. The van der Waals surface area contributed by atoms with E-state index in [9.17, 15) is 0 Å². The van der Waals surface area contributed by atoms with Crippen LogP contribution >= 0.6 is 0 Å². The van der Waals surface area contributed by atoms with Crippen molar-refractivity contribution in [1.82, 2.24) is 4.57 Å². The van der Waals surface area contributed by atoms with Crippen LogP contribution in [0.2, 0.25) is 0 Å². The normalized spacial score (nSPS) is 11.4. The molecule has 0 aliphatic carbocycles. The quantitative estimate of drug-likeness (QED) is 0.157. The standard InChI is InChI=1S/C26H51N2/c1-4-7-9-11-12-13-14-15-16-17-18-19-21-23-28-25-24-27(6-3)26(28)22-20-10-8-5-2/h24-25H,4-23H2,1-3H3/q+1. The lowest BCUT2D eigenvalue weighted by molar-refractivity contribution is -0.704. The lowest BCUT2D eigenvalue weighted by Gasteiger charge is -2.05. The Morgan fingerprint density at radius 2 is 1.07 bits per heavy atom. The van der Waals surface area contributed by atoms with E-state index in [1.54, 1.807) is 5.82 Å². The molecular formula is C26H51N2+. The van der Waals surface area contributed by atoms with E-state index in [4.69, 9.17) is 0 Å². The van der Waals surface area contributed by atoms with Gasteiger partial charge in [0.2, 0.25) is 0 Å². The van der Waals surface area contributed by atoms with Gasteiger partial charge >= 0.3 is 0 Å². The average Bonchev–Trinajstić information content (AvgIpc) is 3.10. The summed E-state index contributed by atoms with van der Waals surface area (Å²) in [4.78, 5) is 0. The molecule has 1 aromatic heterocycles. The fourth-order valence-corrected chi connectivity index (χ4v) is 4.29. The van der Waals surface area contributed by atoms with Gasteiger partial charge in [-0.25, -0.2) is 9.13 Å². The number of nitrogens with zero attached hydrogens (tertiary/aromatic N) is 2. The molecule has 0 saturated heterocycles. The Hall–Kier alpha value is -0.790. The first-order valence-corrected chi connectivity index (χ1v) is 12.9. The van der Waals surface area contributed by atoms with Gasteiger partial charge in [0.1, 0.15) is 12.4 Å². The van der Waals surface area contributed by atoms with Crippen molar-refractivity contribution in [2.45, 2.75) is 149 Å². The zero-order valence-electron chi connectivity index (χ0n) is 19.7. The molecule has 0 spiro atoms. The minimum Gasteiger partial charge on any atom is -0.235 e. The van der Waals surface area contributed by atoms with Crippen LogP contribution in [-0.2, 0) is 19.5 Å². The molecule has 1 aromatic rings. The molecule has 0 unspecified atom stereocenters. The molecular weight excluding hydrogens is 340 g/mol. The van der Waals surface area contributed by atoms with Gasteiger partial charge in [-0.15, -0.1) is 0 Å². The van der Waals surface area contributed by atoms with Crippen LogP contribution in [0.1, 0.15) is 136 Å². The Labute approximate surface area is 177 Å². The molecule has 0 N–H and O–H groups in total. The molecule has 28 heavy (non-hydrogen) atoms. The van der Waals surface area contributed by atoms with Crippen molar-refractivity contribution in [3.8, 4) is 0 Å². The molecule has 0 amide bonds. The summed E-state index contributed by atoms with van der Waals surface area (Å²) in [6, 6.07) is 0. The lowest BCUT2D eigenvalue weighted by Crippen LogP contribution is -2.37. The summed E-state index contributed by atoms with van der Waals surface area (Å²) in [5, 5.41) is 0. The number of aryl methyl sites for hydroxylation is 2. The second kappa shape index (κ2) is 18.3. The van der Waals surface area contributed by atoms with E-state index in [0.717, 1.165) is 6.54 Å². The van der Waals surface area contributed by atoms with Crippen LogP contribution < -0.4 is 4.57 Å². The minimum atomic E-state index is 1.11. The molecule has 0 aromatic carbocycles. The van der Waals surface area contributed by atoms with Gasteiger partial charge in [0, 0.05) is 6.42 Å². The molecule has 2 heteroatoms. The van der Waals surface area contributed by atoms with E-state index in [-0.39, 0.29) is 0 Å². The number of hydrogen-bond acceptors (Lipinski definition) is 0. The summed E-state index contributed by atoms with van der Waals surface area (Å²) in [7, 11) is 0. The summed E-state index contributed by atoms with van der Waals surface area (Å²) >= 11 is 0. The van der Waals surface area contributed by atoms with Crippen LogP contribution in [0.25, 0.3) is 0 Å². The molecule has 0 saturated carbocycles. The average molecular weight is 392 g/mol. The lowest BCUT2D eigenvalue weighted by atomic mass is 10.0. The van der Waals surface area contributed by atoms with Crippen LogP contribution in [0.4, 0.5) is 0 Å². The summed E-state index contributed by atoms with van der Waals surface area (Å²) in [6.45, 7) is 9.19. The van der Waals surface area contributed by atoms with E-state index >= 15 is 0 Å². The fourth-order valence-electron chi connectivity index (χ4n) is 4.29. The van der Waals surface area contributed by atoms with Crippen LogP contribution in [0.5, 0.6) is 0 Å². The highest BCUT2D eigenvalue weighted by Crippen LogP contribution is 2.13. The van der Waals surface area contributed by atoms with Crippen molar-refractivity contribution in [3.05, 3.63) is 18.2 Å². The maximum atomic E-state index is 2.54. The van der Waals surface area contributed by atoms with Crippen LogP contribution in [0, 0.1) is 0 Å². The third-order valence-electron chi connectivity index (χ3n) is 6.19. The summed E-state index contributed by atoms with van der Waals surface area (Å²) in [6.07, 6.45) is 29.9. The fraction of sp³-hybridized carbons (Fsp3) is 0.885. The van der Waals surface area contributed by atoms with Crippen molar-refractivity contribution in [2.75, 3.05) is 0 Å². The van der Waals surface area contributed by atoms with Crippen LogP contribution in [0.3, 0.4) is 0 Å². The van der Waals surface area contributed by atoms with Gasteiger partial charge in [0.15, 0.2) is 0 Å². The molecule has 1 heterocycles. The number of rotatable bonds is 20. The van der Waals surface area contributed by atoms with Gasteiger partial charge in [-0.05, 0) is 26.2 Å². The predicted octanol–water partition coefficient (Wildman–Crippen LogP) is 8.01. The summed E-state index contributed by atoms with van der Waals surface area (Å²) in [5.74, 6) is 1.55. The van der Waals surface area contributed by atoms with Gasteiger partial charge in [-0.1, -0.05) is 104 Å². The van der Waals surface area contributed by atoms with E-state index in [0.29, 0.717) is 0 Å². The van der Waals surface area contributed by atoms with Gasteiger partial charge in [0.05, 0.1) is 13.1 Å². The van der Waals surface area contributed by atoms with Crippen molar-refractivity contribution < 1.29 is 4.57 Å². The monoisotopic (exact) mass is 391 g/mol. The smallest absolute Gasteiger partial charge is 0.235 e. The second-order valence-corrected chi connectivity index (χ2v) is 8.75. The maximum Gasteiger partial charge on any atom is 0.256 e. The largest absolute Gasteiger partial charge is 0.256 e. The zero-order chi connectivity index (χ0) is 20.3. The van der Waals surface area contributed by atoms with Crippen LogP contribution in [-0.4, -0.2) is 4.57 Å². The highest BCUT2D eigenvalue weighted by Gasteiger charge is 2.15. The van der Waals surface area contributed by atoms with E-state index in [1.807, 2.05) is 0 Å². The predicted molar refractivity (Wildman–Crippen MR) is 124 cm³/mol. The Bertz CT molecular complexity index is 449. The first kappa shape index (κ1) is 25.2. The Morgan fingerprint density at radius 1 is 0.607 bits per heavy atom. The maximum absolute atomic E-state index is 2.54. The molecule has 0 fully saturated rings. The van der Waals surface area contributed by atoms with Crippen LogP contribution in [0.15, 0.2) is 12.4 Å². The van der Waals surface area contributed by atoms with Gasteiger partial charge in [0.25, 0.3) is 5.82 Å². The zero-order valence-corrected chi connectivity index (χ0v) is 19.7. The Kier molecular flexibility index (Phi) is 16.5. The van der Waals surface area contributed by atoms with Crippen molar-refractivity contribution >= 4 is 0 Å². The van der Waals surface area contributed by atoms with E-state index in [2.05, 4.69) is 42.3 Å². The molecule has 0 radical (unpaired) electrons. The highest BCUT2D eigenvalue weighted by atomic mass is 15.1. The number of imidazole rings is 1. The van der Waals surface area contributed by atoms with Crippen molar-refractivity contribution in [1.29, 1.82) is 0 Å². The summed E-state index contributed by atoms with van der Waals surface area (Å²) in [5.41, 5.74) is 0. The number of hydrogen-bond donors (Lipinski definition) is 0. The molecule has 0 aliphatic heterocycles. The first-order chi connectivity index (χ1) is 13.8. The topological polar surface area (TPSA) is 8.81 Å². The third-order valence-corrected chi connectivity index (χ3v) is 6.19. The number of aromatic nitrogens is 2. The van der Waals surface area contributed by atoms with Gasteiger partial charge < -0.3 is 0 Å². The molecule has 0 bridgehead atoms. The SMILES string of the molecule is CCCCCCCCCCCCCCC[n+]1ccn(CC)c1CCCCCC. The molecule has 164 valence electrons.